The van der Waals surface area contributed by atoms with Crippen molar-refractivity contribution in [2.75, 3.05) is 23.2 Å². The van der Waals surface area contributed by atoms with Gasteiger partial charge < -0.3 is 14.4 Å². The lowest BCUT2D eigenvalue weighted by Crippen LogP contribution is -2.37. The Balaban J connectivity index is 1.50. The minimum absolute atomic E-state index is 0.0663. The number of ether oxygens (including phenoxy) is 2. The van der Waals surface area contributed by atoms with Gasteiger partial charge in [-0.25, -0.2) is 8.42 Å². The van der Waals surface area contributed by atoms with Gasteiger partial charge in [-0.1, -0.05) is 30.0 Å². The van der Waals surface area contributed by atoms with Crippen LogP contribution in [-0.2, 0) is 9.84 Å². The molecule has 3 aliphatic heterocycles. The number of anilines is 1. The molecule has 28 heavy (non-hydrogen) atoms. The number of rotatable bonds is 2. The highest BCUT2D eigenvalue weighted by molar-refractivity contribution is 8.16. The maximum Gasteiger partial charge on any atom is 0.279 e. The van der Waals surface area contributed by atoms with Crippen LogP contribution in [0.3, 0.4) is 0 Å². The zero-order valence-corrected chi connectivity index (χ0v) is 16.3. The number of para-hydroxylation sites is 1. The lowest BCUT2D eigenvalue weighted by atomic mass is 10.2. The molecule has 2 aromatic rings. The molecule has 3 aliphatic rings. The van der Waals surface area contributed by atoms with Crippen LogP contribution < -0.4 is 14.4 Å². The van der Waals surface area contributed by atoms with Crippen molar-refractivity contribution < 1.29 is 22.7 Å². The molecule has 0 unspecified atom stereocenters. The molecule has 2 aromatic carbocycles. The van der Waals surface area contributed by atoms with Crippen LogP contribution in [0.5, 0.6) is 11.5 Å². The molecule has 0 saturated carbocycles. The highest BCUT2D eigenvalue weighted by Crippen LogP contribution is 2.41. The normalized spacial score (nSPS) is 25.9. The fourth-order valence-corrected chi connectivity index (χ4v) is 7.55. The number of benzene rings is 2. The van der Waals surface area contributed by atoms with Gasteiger partial charge in [0, 0.05) is 16.5 Å². The van der Waals surface area contributed by atoms with E-state index >= 15 is 0 Å². The van der Waals surface area contributed by atoms with Gasteiger partial charge in [0.15, 0.2) is 26.5 Å². The van der Waals surface area contributed by atoms with E-state index in [-0.39, 0.29) is 29.6 Å². The minimum Gasteiger partial charge on any atom is -0.454 e. The van der Waals surface area contributed by atoms with Crippen molar-refractivity contribution in [3.8, 4) is 11.5 Å². The molecule has 1 amide bonds. The van der Waals surface area contributed by atoms with Crippen LogP contribution in [0.25, 0.3) is 0 Å². The lowest BCUT2D eigenvalue weighted by Gasteiger charge is -2.24. The first-order valence-corrected chi connectivity index (χ1v) is 11.4. The van der Waals surface area contributed by atoms with Crippen LogP contribution in [0.4, 0.5) is 5.69 Å². The van der Waals surface area contributed by atoms with Crippen LogP contribution in [0.15, 0.2) is 53.5 Å². The van der Waals surface area contributed by atoms with E-state index in [1.165, 1.54) is 11.8 Å². The van der Waals surface area contributed by atoms with Crippen molar-refractivity contribution in [1.82, 2.24) is 0 Å². The number of carbonyl (C=O) groups excluding carboxylic acids is 1. The number of fused-ring (bicyclic) bond motifs is 2. The van der Waals surface area contributed by atoms with Gasteiger partial charge in [0.1, 0.15) is 0 Å². The first kappa shape index (κ1) is 17.6. The Bertz CT molecular complexity index is 1080. The Labute approximate surface area is 166 Å². The molecule has 7 nitrogen and oxygen atoms in total. The van der Waals surface area contributed by atoms with Crippen LogP contribution in [0.2, 0.25) is 0 Å². The van der Waals surface area contributed by atoms with E-state index in [0.29, 0.717) is 22.2 Å². The van der Waals surface area contributed by atoms with E-state index in [1.54, 1.807) is 18.2 Å². The number of amidine groups is 1. The molecule has 0 bridgehead atoms. The Hall–Kier alpha value is -2.52. The smallest absolute Gasteiger partial charge is 0.279 e. The van der Waals surface area contributed by atoms with Crippen molar-refractivity contribution in [2.45, 2.75) is 11.3 Å². The summed E-state index contributed by atoms with van der Waals surface area (Å²) in [5, 5.41) is 0.396. The first-order valence-electron chi connectivity index (χ1n) is 8.74. The fourth-order valence-electron chi connectivity index (χ4n) is 3.64. The standard InChI is InChI=1S/C19H16N2O5S2/c22-18(12-6-7-15-16(8-12)26-11-25-15)20-19-21(13-4-2-1-3-5-13)14-9-28(23,24)10-17(14)27-19/h1-8,14,17H,9-11H2/t14-,17+/m1/s1. The molecule has 2 saturated heterocycles. The van der Waals surface area contributed by atoms with Gasteiger partial charge in [-0.05, 0) is 30.3 Å². The predicted molar refractivity (Wildman–Crippen MR) is 107 cm³/mol. The molecule has 144 valence electrons. The van der Waals surface area contributed by atoms with Gasteiger partial charge in [-0.2, -0.15) is 4.99 Å². The second-order valence-electron chi connectivity index (χ2n) is 6.77. The monoisotopic (exact) mass is 416 g/mol. The summed E-state index contributed by atoms with van der Waals surface area (Å²) in [6.45, 7) is 0.136. The van der Waals surface area contributed by atoms with Crippen LogP contribution in [-0.4, -0.2) is 49.1 Å². The number of nitrogens with zero attached hydrogens (tertiary/aromatic N) is 2. The van der Waals surface area contributed by atoms with Gasteiger partial charge in [-0.3, -0.25) is 4.79 Å². The minimum atomic E-state index is -3.09. The number of hydrogen-bond acceptors (Lipinski definition) is 6. The van der Waals surface area contributed by atoms with E-state index in [2.05, 4.69) is 4.99 Å². The molecule has 0 spiro atoms. The zero-order valence-electron chi connectivity index (χ0n) is 14.6. The maximum absolute atomic E-state index is 12.8. The summed E-state index contributed by atoms with van der Waals surface area (Å²) in [7, 11) is -3.09. The van der Waals surface area contributed by atoms with E-state index in [0.717, 1.165) is 5.69 Å². The zero-order chi connectivity index (χ0) is 19.3. The third-order valence-electron chi connectivity index (χ3n) is 4.92. The quantitative estimate of drug-likeness (QED) is 0.743. The van der Waals surface area contributed by atoms with Gasteiger partial charge >= 0.3 is 0 Å². The van der Waals surface area contributed by atoms with Crippen molar-refractivity contribution in [2.24, 2.45) is 4.99 Å². The highest BCUT2D eigenvalue weighted by Gasteiger charge is 2.49. The average Bonchev–Trinajstić information content (AvgIpc) is 3.33. The van der Waals surface area contributed by atoms with Crippen molar-refractivity contribution in [1.29, 1.82) is 0 Å². The summed E-state index contributed by atoms with van der Waals surface area (Å²) in [6, 6.07) is 14.2. The molecule has 0 aliphatic carbocycles. The number of carbonyl (C=O) groups is 1. The van der Waals surface area contributed by atoms with Crippen LogP contribution >= 0.6 is 11.8 Å². The Kier molecular flexibility index (Phi) is 4.09. The van der Waals surface area contributed by atoms with Crippen LogP contribution in [0.1, 0.15) is 10.4 Å². The number of thioether (sulfide) groups is 1. The lowest BCUT2D eigenvalue weighted by molar-refractivity contribution is 0.100. The third kappa shape index (κ3) is 3.04. The first-order chi connectivity index (χ1) is 13.5. The molecule has 5 rings (SSSR count). The molecule has 2 atom stereocenters. The summed E-state index contributed by atoms with van der Waals surface area (Å²) in [5.74, 6) is 0.891. The van der Waals surface area contributed by atoms with Gasteiger partial charge in [0.05, 0.1) is 17.5 Å². The largest absolute Gasteiger partial charge is 0.454 e. The molecule has 9 heteroatoms. The molecule has 0 aromatic heterocycles. The van der Waals surface area contributed by atoms with Gasteiger partial charge in [0.2, 0.25) is 6.79 Å². The Morgan fingerprint density at radius 3 is 2.68 bits per heavy atom. The van der Waals surface area contributed by atoms with E-state index in [4.69, 9.17) is 9.47 Å². The van der Waals surface area contributed by atoms with Crippen LogP contribution in [0, 0.1) is 0 Å². The Morgan fingerprint density at radius 1 is 1.07 bits per heavy atom. The number of sulfone groups is 1. The van der Waals surface area contributed by atoms with E-state index in [9.17, 15) is 13.2 Å². The predicted octanol–water partition coefficient (Wildman–Crippen LogP) is 2.33. The number of amides is 1. The fraction of sp³-hybridized carbons (Fsp3) is 0.263. The Morgan fingerprint density at radius 2 is 1.86 bits per heavy atom. The summed E-state index contributed by atoms with van der Waals surface area (Å²) in [4.78, 5) is 19.0. The molecule has 0 N–H and O–H groups in total. The van der Waals surface area contributed by atoms with E-state index in [1.807, 2.05) is 35.2 Å². The maximum atomic E-state index is 12.8. The summed E-state index contributed by atoms with van der Waals surface area (Å²) < 4.78 is 34.8. The van der Waals surface area contributed by atoms with E-state index < -0.39 is 15.7 Å². The SMILES string of the molecule is O=C(N=C1S[C@H]2CS(=O)(=O)C[C@H]2N1c1ccccc1)c1ccc2c(c1)OCO2. The van der Waals surface area contributed by atoms with Crippen molar-refractivity contribution in [3.05, 3.63) is 54.1 Å². The van der Waals surface area contributed by atoms with Gasteiger partial charge in [0.25, 0.3) is 5.91 Å². The number of hydrogen-bond donors (Lipinski definition) is 0. The summed E-state index contributed by atoms with van der Waals surface area (Å²) in [6.07, 6.45) is 0. The number of aliphatic imine (C=N–C) groups is 1. The molecule has 3 heterocycles. The molecular formula is C19H16N2O5S2. The van der Waals surface area contributed by atoms with Gasteiger partial charge in [-0.15, -0.1) is 0 Å². The summed E-state index contributed by atoms with van der Waals surface area (Å²) >= 11 is 1.35. The molecule has 0 radical (unpaired) electrons. The average molecular weight is 416 g/mol. The highest BCUT2D eigenvalue weighted by atomic mass is 32.2. The summed E-state index contributed by atoms with van der Waals surface area (Å²) in [5.41, 5.74) is 1.23. The van der Waals surface area contributed by atoms with Crippen molar-refractivity contribution >= 4 is 38.4 Å². The second kappa shape index (κ2) is 6.52. The molecule has 2 fully saturated rings. The second-order valence-corrected chi connectivity index (χ2v) is 10.1. The third-order valence-corrected chi connectivity index (χ3v) is 8.13. The van der Waals surface area contributed by atoms with Crippen molar-refractivity contribution in [3.63, 3.8) is 0 Å². The topological polar surface area (TPSA) is 85.3 Å². The molecular weight excluding hydrogens is 400 g/mol.